The molecule has 2 aromatic carbocycles. The van der Waals surface area contributed by atoms with Gasteiger partial charge < -0.3 is 4.74 Å². The van der Waals surface area contributed by atoms with Crippen molar-refractivity contribution in [2.45, 2.75) is 30.8 Å². The first kappa shape index (κ1) is 15.7. The van der Waals surface area contributed by atoms with Crippen LogP contribution in [0.25, 0.3) is 11.1 Å². The van der Waals surface area contributed by atoms with E-state index in [1.165, 1.54) is 6.26 Å². The van der Waals surface area contributed by atoms with Gasteiger partial charge in [0.15, 0.2) is 15.6 Å². The van der Waals surface area contributed by atoms with Crippen molar-refractivity contribution < 1.29 is 17.9 Å². The molecule has 0 spiro atoms. The van der Waals surface area contributed by atoms with Crippen molar-refractivity contribution in [2.24, 2.45) is 0 Å². The van der Waals surface area contributed by atoms with Crippen molar-refractivity contribution in [3.63, 3.8) is 0 Å². The lowest BCUT2D eigenvalue weighted by molar-refractivity contribution is 0.0620. The van der Waals surface area contributed by atoms with Crippen LogP contribution in [0, 0.1) is 0 Å². The standard InChI is InChI=1S/C18H18O4S/c1-18(2)11-15(19)14-9-8-12(10-16(14)22-18)13-6-4-5-7-17(13)23(3,20)21/h4-10H,11H2,1-3H3. The average molecular weight is 330 g/mol. The van der Waals surface area contributed by atoms with E-state index < -0.39 is 15.4 Å². The maximum Gasteiger partial charge on any atom is 0.176 e. The molecule has 0 bridgehead atoms. The Hall–Kier alpha value is -2.14. The van der Waals surface area contributed by atoms with Gasteiger partial charge in [0.2, 0.25) is 0 Å². The average Bonchev–Trinajstić information content (AvgIpc) is 2.44. The van der Waals surface area contributed by atoms with Crippen LogP contribution < -0.4 is 4.74 Å². The number of hydrogen-bond donors (Lipinski definition) is 0. The Labute approximate surface area is 136 Å². The first-order valence-electron chi connectivity index (χ1n) is 7.33. The van der Waals surface area contributed by atoms with Gasteiger partial charge in [-0.05, 0) is 37.6 Å². The molecule has 1 aliphatic rings. The van der Waals surface area contributed by atoms with E-state index in [0.717, 1.165) is 5.56 Å². The number of hydrogen-bond acceptors (Lipinski definition) is 4. The summed E-state index contributed by atoms with van der Waals surface area (Å²) in [5.41, 5.74) is 1.32. The molecular weight excluding hydrogens is 312 g/mol. The van der Waals surface area contributed by atoms with Gasteiger partial charge in [0.05, 0.1) is 16.9 Å². The summed E-state index contributed by atoms with van der Waals surface area (Å²) in [5.74, 6) is 0.547. The number of ketones is 1. The van der Waals surface area contributed by atoms with E-state index in [0.29, 0.717) is 23.3 Å². The second-order valence-electron chi connectivity index (χ2n) is 6.44. The summed E-state index contributed by atoms with van der Waals surface area (Å²) >= 11 is 0. The number of rotatable bonds is 2. The molecule has 4 nitrogen and oxygen atoms in total. The zero-order valence-electron chi connectivity index (χ0n) is 13.3. The molecule has 0 amide bonds. The van der Waals surface area contributed by atoms with Gasteiger partial charge in [0.1, 0.15) is 11.4 Å². The predicted octanol–water partition coefficient (Wildman–Crippen LogP) is 3.50. The molecule has 0 saturated carbocycles. The van der Waals surface area contributed by atoms with Crippen LogP contribution in [0.4, 0.5) is 0 Å². The van der Waals surface area contributed by atoms with Gasteiger partial charge in [-0.1, -0.05) is 24.3 Å². The fourth-order valence-corrected chi connectivity index (χ4v) is 3.76. The SMILES string of the molecule is CC1(C)CC(=O)c2ccc(-c3ccccc3S(C)(=O)=O)cc2O1. The molecule has 3 rings (SSSR count). The Morgan fingerprint density at radius 3 is 2.43 bits per heavy atom. The lowest BCUT2D eigenvalue weighted by Gasteiger charge is -2.31. The molecule has 5 heteroatoms. The van der Waals surface area contributed by atoms with Gasteiger partial charge in [-0.15, -0.1) is 0 Å². The Kier molecular flexibility index (Phi) is 3.56. The maximum absolute atomic E-state index is 12.2. The summed E-state index contributed by atoms with van der Waals surface area (Å²) in [7, 11) is -3.34. The van der Waals surface area contributed by atoms with Crippen molar-refractivity contribution in [1.82, 2.24) is 0 Å². The van der Waals surface area contributed by atoms with Gasteiger partial charge in [-0.2, -0.15) is 0 Å². The number of Topliss-reactive ketones (excluding diaryl/α,β-unsaturated/α-hetero) is 1. The second kappa shape index (κ2) is 5.20. The number of fused-ring (bicyclic) bond motifs is 1. The summed E-state index contributed by atoms with van der Waals surface area (Å²) < 4.78 is 29.9. The van der Waals surface area contributed by atoms with Crippen molar-refractivity contribution >= 4 is 15.6 Å². The zero-order valence-corrected chi connectivity index (χ0v) is 14.1. The highest BCUT2D eigenvalue weighted by Gasteiger charge is 2.32. The number of benzene rings is 2. The van der Waals surface area contributed by atoms with Crippen molar-refractivity contribution in [3.8, 4) is 16.9 Å². The van der Waals surface area contributed by atoms with Gasteiger partial charge in [-0.3, -0.25) is 4.79 Å². The van der Waals surface area contributed by atoms with Crippen LogP contribution in [0.1, 0.15) is 30.6 Å². The Morgan fingerprint density at radius 1 is 1.04 bits per heavy atom. The second-order valence-corrected chi connectivity index (χ2v) is 8.43. The molecule has 0 aromatic heterocycles. The molecule has 0 fully saturated rings. The van der Waals surface area contributed by atoms with E-state index in [1.54, 1.807) is 42.5 Å². The van der Waals surface area contributed by atoms with E-state index in [1.807, 2.05) is 13.8 Å². The molecular formula is C18H18O4S. The van der Waals surface area contributed by atoms with Crippen LogP contribution in [-0.2, 0) is 9.84 Å². The van der Waals surface area contributed by atoms with Crippen LogP contribution in [0.2, 0.25) is 0 Å². The monoisotopic (exact) mass is 330 g/mol. The van der Waals surface area contributed by atoms with Crippen LogP contribution in [-0.4, -0.2) is 26.1 Å². The van der Waals surface area contributed by atoms with Crippen molar-refractivity contribution in [1.29, 1.82) is 0 Å². The lowest BCUT2D eigenvalue weighted by atomic mass is 9.91. The third-order valence-corrected chi connectivity index (χ3v) is 5.01. The molecule has 1 aliphatic heterocycles. The minimum absolute atomic E-state index is 0.0409. The molecule has 0 N–H and O–H groups in total. The number of carbonyl (C=O) groups excluding carboxylic acids is 1. The predicted molar refractivity (Wildman–Crippen MR) is 88.6 cm³/mol. The minimum atomic E-state index is -3.34. The van der Waals surface area contributed by atoms with Crippen LogP contribution in [0.15, 0.2) is 47.4 Å². The smallest absolute Gasteiger partial charge is 0.176 e. The normalized spacial score (nSPS) is 16.6. The fourth-order valence-electron chi connectivity index (χ4n) is 2.85. The Morgan fingerprint density at radius 2 is 1.74 bits per heavy atom. The van der Waals surface area contributed by atoms with Gasteiger partial charge in [-0.25, -0.2) is 8.42 Å². The van der Waals surface area contributed by atoms with E-state index >= 15 is 0 Å². The third-order valence-electron chi connectivity index (χ3n) is 3.85. The van der Waals surface area contributed by atoms with Gasteiger partial charge in [0.25, 0.3) is 0 Å². The number of carbonyl (C=O) groups is 1. The summed E-state index contributed by atoms with van der Waals surface area (Å²) in [6, 6.07) is 12.1. The largest absolute Gasteiger partial charge is 0.487 e. The number of sulfone groups is 1. The zero-order chi connectivity index (χ0) is 16.8. The van der Waals surface area contributed by atoms with Crippen LogP contribution in [0.5, 0.6) is 5.75 Å². The van der Waals surface area contributed by atoms with Gasteiger partial charge in [0, 0.05) is 11.8 Å². The molecule has 23 heavy (non-hydrogen) atoms. The van der Waals surface area contributed by atoms with Crippen LogP contribution >= 0.6 is 0 Å². The maximum atomic E-state index is 12.2. The molecule has 0 saturated heterocycles. The molecule has 1 heterocycles. The van der Waals surface area contributed by atoms with Gasteiger partial charge >= 0.3 is 0 Å². The molecule has 0 aliphatic carbocycles. The molecule has 0 atom stereocenters. The first-order chi connectivity index (χ1) is 10.7. The summed E-state index contributed by atoms with van der Waals surface area (Å²) in [6.45, 7) is 3.73. The fraction of sp³-hybridized carbons (Fsp3) is 0.278. The van der Waals surface area contributed by atoms with E-state index in [9.17, 15) is 13.2 Å². The molecule has 120 valence electrons. The highest BCUT2D eigenvalue weighted by molar-refractivity contribution is 7.90. The van der Waals surface area contributed by atoms with E-state index in [4.69, 9.17) is 4.74 Å². The lowest BCUT2D eigenvalue weighted by Crippen LogP contribution is -2.35. The molecule has 2 aromatic rings. The van der Waals surface area contributed by atoms with Crippen molar-refractivity contribution in [3.05, 3.63) is 48.0 Å². The third kappa shape index (κ3) is 3.01. The highest BCUT2D eigenvalue weighted by atomic mass is 32.2. The summed E-state index contributed by atoms with van der Waals surface area (Å²) in [6.07, 6.45) is 1.52. The quantitative estimate of drug-likeness (QED) is 0.845. The molecule has 0 radical (unpaired) electrons. The Balaban J connectivity index is 2.16. The van der Waals surface area contributed by atoms with Crippen LogP contribution in [0.3, 0.4) is 0 Å². The molecule has 0 unspecified atom stereocenters. The topological polar surface area (TPSA) is 60.4 Å². The Bertz CT molecular complexity index is 895. The van der Waals surface area contributed by atoms with E-state index in [-0.39, 0.29) is 10.7 Å². The summed E-state index contributed by atoms with van der Waals surface area (Å²) in [4.78, 5) is 12.5. The minimum Gasteiger partial charge on any atom is -0.487 e. The van der Waals surface area contributed by atoms with E-state index in [2.05, 4.69) is 0 Å². The highest BCUT2D eigenvalue weighted by Crippen LogP contribution is 2.37. The van der Waals surface area contributed by atoms with Crippen molar-refractivity contribution in [2.75, 3.05) is 6.26 Å². The first-order valence-corrected chi connectivity index (χ1v) is 9.22. The number of ether oxygens (including phenoxy) is 1. The summed E-state index contributed by atoms with van der Waals surface area (Å²) in [5, 5.41) is 0.